The third-order valence-corrected chi connectivity index (χ3v) is 6.42. The van der Waals surface area contributed by atoms with Gasteiger partial charge in [0.25, 0.3) is 0 Å². The van der Waals surface area contributed by atoms with Crippen molar-refractivity contribution in [1.29, 1.82) is 0 Å². The molecule has 23 heavy (non-hydrogen) atoms. The van der Waals surface area contributed by atoms with Gasteiger partial charge in [0.05, 0.1) is 22.7 Å². The summed E-state index contributed by atoms with van der Waals surface area (Å²) in [5, 5.41) is 5.28. The van der Waals surface area contributed by atoms with Gasteiger partial charge in [-0.15, -0.1) is 22.7 Å². The second-order valence-corrected chi connectivity index (χ2v) is 7.79. The van der Waals surface area contributed by atoms with Gasteiger partial charge in [-0.3, -0.25) is 4.79 Å². The highest BCUT2D eigenvalue weighted by Crippen LogP contribution is 2.40. The van der Waals surface area contributed by atoms with E-state index >= 15 is 0 Å². The van der Waals surface area contributed by atoms with E-state index in [4.69, 9.17) is 4.98 Å². The molecular formula is C18H14N2OS2. The van der Waals surface area contributed by atoms with Crippen molar-refractivity contribution in [2.45, 2.75) is 19.3 Å². The van der Waals surface area contributed by atoms with Crippen molar-refractivity contribution in [3.63, 3.8) is 0 Å². The summed E-state index contributed by atoms with van der Waals surface area (Å²) >= 11 is 3.40. The van der Waals surface area contributed by atoms with Crippen LogP contribution in [0.4, 0.5) is 5.69 Å². The molecule has 0 atom stereocenters. The molecule has 0 spiro atoms. The van der Waals surface area contributed by atoms with E-state index in [1.807, 2.05) is 4.90 Å². The maximum atomic E-state index is 12.2. The molecule has 0 bridgehead atoms. The third kappa shape index (κ3) is 2.07. The largest absolute Gasteiger partial charge is 0.312 e. The minimum absolute atomic E-state index is 0.246. The number of hydrogen-bond donors (Lipinski definition) is 0. The van der Waals surface area contributed by atoms with Gasteiger partial charge in [-0.1, -0.05) is 6.07 Å². The molecule has 0 fully saturated rings. The van der Waals surface area contributed by atoms with E-state index in [1.165, 1.54) is 21.7 Å². The van der Waals surface area contributed by atoms with Gasteiger partial charge in [0, 0.05) is 17.5 Å². The first-order valence-electron chi connectivity index (χ1n) is 7.75. The van der Waals surface area contributed by atoms with Crippen LogP contribution in [0.5, 0.6) is 0 Å². The van der Waals surface area contributed by atoms with Crippen molar-refractivity contribution in [1.82, 2.24) is 4.98 Å². The van der Waals surface area contributed by atoms with Crippen molar-refractivity contribution in [2.75, 3.05) is 11.4 Å². The van der Waals surface area contributed by atoms with Crippen LogP contribution in [0.2, 0.25) is 0 Å². The normalized spacial score (nSPS) is 16.0. The number of thiophene rings is 1. The first-order chi connectivity index (χ1) is 11.3. The van der Waals surface area contributed by atoms with Crippen LogP contribution in [0, 0.1) is 0 Å². The Morgan fingerprint density at radius 1 is 1.17 bits per heavy atom. The average Bonchev–Trinajstić information content (AvgIpc) is 3.28. The second kappa shape index (κ2) is 5.01. The molecule has 0 aliphatic carbocycles. The van der Waals surface area contributed by atoms with Crippen LogP contribution < -0.4 is 4.90 Å². The van der Waals surface area contributed by atoms with Crippen LogP contribution >= 0.6 is 22.7 Å². The molecule has 0 radical (unpaired) electrons. The van der Waals surface area contributed by atoms with Crippen LogP contribution in [-0.4, -0.2) is 17.4 Å². The lowest BCUT2D eigenvalue weighted by Crippen LogP contribution is -2.31. The molecule has 2 aliphatic heterocycles. The fourth-order valence-corrected chi connectivity index (χ4v) is 5.19. The minimum Gasteiger partial charge on any atom is -0.312 e. The second-order valence-electron chi connectivity index (χ2n) is 5.98. The Hall–Kier alpha value is -1.98. The molecule has 0 unspecified atom stereocenters. The maximum Gasteiger partial charge on any atom is 0.231 e. The number of aromatic nitrogens is 1. The molecule has 5 heteroatoms. The molecule has 1 aromatic carbocycles. The fourth-order valence-electron chi connectivity index (χ4n) is 3.55. The molecule has 4 heterocycles. The monoisotopic (exact) mass is 338 g/mol. The number of anilines is 1. The van der Waals surface area contributed by atoms with Crippen LogP contribution in [0.3, 0.4) is 0 Å². The summed E-state index contributed by atoms with van der Waals surface area (Å²) in [7, 11) is 0. The number of thiazole rings is 1. The number of aryl methyl sites for hydroxylation is 1. The lowest BCUT2D eigenvalue weighted by atomic mass is 9.96. The van der Waals surface area contributed by atoms with Gasteiger partial charge >= 0.3 is 0 Å². The van der Waals surface area contributed by atoms with E-state index in [1.54, 1.807) is 22.7 Å². The molecule has 0 N–H and O–H groups in total. The van der Waals surface area contributed by atoms with Crippen LogP contribution in [-0.2, 0) is 17.6 Å². The molecule has 114 valence electrons. The van der Waals surface area contributed by atoms with Crippen molar-refractivity contribution in [3.05, 3.63) is 46.2 Å². The van der Waals surface area contributed by atoms with Crippen molar-refractivity contribution in [2.24, 2.45) is 0 Å². The number of hydrogen-bond acceptors (Lipinski definition) is 4. The Bertz CT molecular complexity index is 911. The lowest BCUT2D eigenvalue weighted by Gasteiger charge is -2.25. The molecule has 2 aliphatic rings. The van der Waals surface area contributed by atoms with Gasteiger partial charge in [-0.2, -0.15) is 0 Å². The number of carbonyl (C=O) groups is 1. The zero-order valence-electron chi connectivity index (χ0n) is 12.4. The summed E-state index contributed by atoms with van der Waals surface area (Å²) in [6.45, 7) is 0.872. The molecule has 3 nitrogen and oxygen atoms in total. The van der Waals surface area contributed by atoms with Gasteiger partial charge in [0.2, 0.25) is 5.91 Å². The van der Waals surface area contributed by atoms with Gasteiger partial charge in [0.1, 0.15) is 5.01 Å². The first kappa shape index (κ1) is 13.5. The minimum atomic E-state index is 0.246. The molecule has 1 amide bonds. The Morgan fingerprint density at radius 2 is 2.09 bits per heavy atom. The maximum absolute atomic E-state index is 12.2. The average molecular weight is 338 g/mol. The predicted molar refractivity (Wildman–Crippen MR) is 95.2 cm³/mol. The zero-order chi connectivity index (χ0) is 15.4. The van der Waals surface area contributed by atoms with Gasteiger partial charge in [-0.05, 0) is 47.5 Å². The highest BCUT2D eigenvalue weighted by atomic mass is 32.1. The summed E-state index contributed by atoms with van der Waals surface area (Å²) in [5.74, 6) is 0.246. The highest BCUT2D eigenvalue weighted by Gasteiger charge is 2.32. The Labute approximate surface area is 142 Å². The lowest BCUT2D eigenvalue weighted by molar-refractivity contribution is -0.117. The van der Waals surface area contributed by atoms with Crippen molar-refractivity contribution >= 4 is 34.3 Å². The predicted octanol–water partition coefficient (Wildman–Crippen LogP) is 4.37. The van der Waals surface area contributed by atoms with Crippen LogP contribution in [0.15, 0.2) is 35.0 Å². The van der Waals surface area contributed by atoms with E-state index in [9.17, 15) is 4.79 Å². The van der Waals surface area contributed by atoms with Crippen LogP contribution in [0.1, 0.15) is 17.5 Å². The summed E-state index contributed by atoms with van der Waals surface area (Å²) in [6, 6.07) is 8.56. The molecule has 3 aromatic rings. The topological polar surface area (TPSA) is 33.2 Å². The Kier molecular flexibility index (Phi) is 2.93. The van der Waals surface area contributed by atoms with Crippen molar-refractivity contribution in [3.8, 4) is 21.1 Å². The molecule has 2 aromatic heterocycles. The Balaban J connectivity index is 1.60. The highest BCUT2D eigenvalue weighted by molar-refractivity contribution is 7.20. The number of nitrogens with zero attached hydrogens (tertiary/aromatic N) is 2. The molecule has 0 saturated carbocycles. The number of rotatable bonds is 2. The molecular weight excluding hydrogens is 324 g/mol. The van der Waals surface area contributed by atoms with E-state index in [0.717, 1.165) is 35.7 Å². The summed E-state index contributed by atoms with van der Waals surface area (Å²) in [4.78, 5) is 20.2. The fraction of sp³-hybridized carbons (Fsp3) is 0.222. The van der Waals surface area contributed by atoms with E-state index in [0.29, 0.717) is 6.42 Å². The number of benzene rings is 1. The summed E-state index contributed by atoms with van der Waals surface area (Å²) in [6.07, 6.45) is 2.65. The quantitative estimate of drug-likeness (QED) is 0.695. The zero-order valence-corrected chi connectivity index (χ0v) is 14.0. The van der Waals surface area contributed by atoms with Crippen molar-refractivity contribution < 1.29 is 4.79 Å². The van der Waals surface area contributed by atoms with Gasteiger partial charge in [-0.25, -0.2) is 4.98 Å². The number of amides is 1. The third-order valence-electron chi connectivity index (χ3n) is 4.54. The molecule has 0 saturated heterocycles. The summed E-state index contributed by atoms with van der Waals surface area (Å²) in [5.41, 5.74) is 5.83. The smallest absolute Gasteiger partial charge is 0.231 e. The van der Waals surface area contributed by atoms with E-state index in [2.05, 4.69) is 35.0 Å². The SMILES string of the molecule is O=C1Cc2cc(-c3csc(-c4cccs4)n3)cc3c2N1CCC3. The summed E-state index contributed by atoms with van der Waals surface area (Å²) < 4.78 is 0. The Morgan fingerprint density at radius 3 is 2.96 bits per heavy atom. The standard InChI is InChI=1S/C18H14N2OS2/c21-16-9-13-8-12(7-11-3-1-5-20(16)17(11)13)14-10-23-18(19-14)15-4-2-6-22-15/h2,4,6-8,10H,1,3,5,9H2. The number of carbonyl (C=O) groups excluding carboxylic acids is 1. The van der Waals surface area contributed by atoms with Crippen LogP contribution in [0.25, 0.3) is 21.1 Å². The first-order valence-corrected chi connectivity index (χ1v) is 9.51. The van der Waals surface area contributed by atoms with Gasteiger partial charge < -0.3 is 4.90 Å². The van der Waals surface area contributed by atoms with E-state index < -0.39 is 0 Å². The van der Waals surface area contributed by atoms with Gasteiger partial charge in [0.15, 0.2) is 0 Å². The van der Waals surface area contributed by atoms with E-state index in [-0.39, 0.29) is 5.91 Å². The molecule has 5 rings (SSSR count).